The van der Waals surface area contributed by atoms with Crippen LogP contribution in [0.4, 0.5) is 0 Å². The summed E-state index contributed by atoms with van der Waals surface area (Å²) in [5.74, 6) is 0.980. The van der Waals surface area contributed by atoms with Gasteiger partial charge < -0.3 is 18.3 Å². The molecule has 11 rings (SSSR count). The van der Waals surface area contributed by atoms with E-state index in [1.165, 1.54) is 33.1 Å². The van der Waals surface area contributed by atoms with Crippen molar-refractivity contribution < 1.29 is 9.15 Å². The van der Waals surface area contributed by atoms with Crippen LogP contribution in [0.25, 0.3) is 72.1 Å². The third-order valence-electron chi connectivity index (χ3n) is 10.6. The van der Waals surface area contributed by atoms with E-state index in [0.29, 0.717) is 0 Å². The van der Waals surface area contributed by atoms with Gasteiger partial charge in [0.15, 0.2) is 0 Å². The third kappa shape index (κ3) is 3.17. The minimum Gasteiger partial charge on any atom is -0.483 e. The first-order valence-corrected chi connectivity index (χ1v) is 16.2. The molecule has 0 N–H and O–H groups in total. The van der Waals surface area contributed by atoms with Gasteiger partial charge in [0.2, 0.25) is 0 Å². The Labute approximate surface area is 270 Å². The summed E-state index contributed by atoms with van der Waals surface area (Å²) in [6, 6.07) is 47.5. The first kappa shape index (κ1) is 25.2. The molecule has 0 saturated carbocycles. The number of ether oxygens (including phenoxy) is 1. The lowest BCUT2D eigenvalue weighted by Gasteiger charge is -2.31. The molecule has 6 aromatic carbocycles. The maximum absolute atomic E-state index is 7.29. The van der Waals surface area contributed by atoms with Crippen LogP contribution in [0.15, 0.2) is 144 Å². The fourth-order valence-corrected chi connectivity index (χ4v) is 8.46. The smallest absolute Gasteiger partial charge is 0.139 e. The predicted molar refractivity (Wildman–Crippen MR) is 191 cm³/mol. The zero-order valence-corrected chi connectivity index (χ0v) is 25.6. The van der Waals surface area contributed by atoms with Crippen molar-refractivity contribution in [2.24, 2.45) is 0 Å². The number of para-hydroxylation sites is 4. The number of hydrogen-bond donors (Lipinski definition) is 0. The normalized spacial score (nSPS) is 18.3. The summed E-state index contributed by atoms with van der Waals surface area (Å²) in [4.78, 5) is 0. The molecule has 0 bridgehead atoms. The summed E-state index contributed by atoms with van der Waals surface area (Å²) in [5, 5.41) is 5.83. The highest BCUT2D eigenvalue weighted by molar-refractivity contribution is 6.14. The average molecular weight is 605 g/mol. The zero-order valence-electron chi connectivity index (χ0n) is 25.6. The van der Waals surface area contributed by atoms with E-state index >= 15 is 0 Å². The Balaban J connectivity index is 1.16. The number of hydrogen-bond acceptors (Lipinski definition) is 2. The van der Waals surface area contributed by atoms with Crippen molar-refractivity contribution >= 4 is 60.7 Å². The van der Waals surface area contributed by atoms with Crippen molar-refractivity contribution in [2.75, 3.05) is 0 Å². The molecule has 222 valence electrons. The minimum atomic E-state index is -0.319. The second-order valence-electron chi connectivity index (χ2n) is 13.1. The first-order chi connectivity index (χ1) is 23.2. The van der Waals surface area contributed by atoms with Gasteiger partial charge in [-0.3, -0.25) is 0 Å². The summed E-state index contributed by atoms with van der Waals surface area (Å²) >= 11 is 0. The van der Waals surface area contributed by atoms with Crippen LogP contribution in [-0.4, -0.2) is 9.13 Å². The van der Waals surface area contributed by atoms with Crippen molar-refractivity contribution in [3.8, 4) is 17.1 Å². The molecule has 1 aliphatic carbocycles. The van der Waals surface area contributed by atoms with E-state index in [0.717, 1.165) is 55.5 Å². The van der Waals surface area contributed by atoms with Gasteiger partial charge in [-0.05, 0) is 67.6 Å². The number of rotatable bonds is 2. The van der Waals surface area contributed by atoms with Gasteiger partial charge in [0.25, 0.3) is 0 Å². The molecular formula is C43H28N2O2. The second kappa shape index (κ2) is 8.83. The van der Waals surface area contributed by atoms with Gasteiger partial charge in [-0.25, -0.2) is 0 Å². The molecule has 4 heterocycles. The molecular weight excluding hydrogens is 576 g/mol. The second-order valence-corrected chi connectivity index (χ2v) is 13.1. The molecule has 0 spiro atoms. The molecule has 2 atom stereocenters. The van der Waals surface area contributed by atoms with Gasteiger partial charge in [0.1, 0.15) is 23.0 Å². The molecule has 2 aliphatic rings. The van der Waals surface area contributed by atoms with Gasteiger partial charge in [0, 0.05) is 44.0 Å². The number of nitrogens with zero attached hydrogens (tertiary/aromatic N) is 2. The molecule has 4 heteroatoms. The number of furan rings is 1. The lowest BCUT2D eigenvalue weighted by molar-refractivity contribution is 0.185. The van der Waals surface area contributed by atoms with Crippen molar-refractivity contribution in [1.29, 1.82) is 0 Å². The standard InChI is InChI=1S/C43H28N2O2/c1-43-24-23-36-40(30-15-6-9-17-34(30)44(36)26-11-3-2-4-12-26)42(43)47-41-32(43)20-21-35-39(41)29-14-5-8-16-33(29)45(35)27-19-22-38-31(25-27)28-13-7-10-18-37(28)46-38/h2-25,42H,1H3. The lowest BCUT2D eigenvalue weighted by Crippen LogP contribution is -2.28. The van der Waals surface area contributed by atoms with E-state index < -0.39 is 0 Å². The maximum atomic E-state index is 7.29. The molecule has 0 saturated heterocycles. The highest BCUT2D eigenvalue weighted by Gasteiger charge is 2.49. The Morgan fingerprint density at radius 1 is 0.574 bits per heavy atom. The zero-order chi connectivity index (χ0) is 30.9. The lowest BCUT2D eigenvalue weighted by atomic mass is 9.73. The molecule has 0 fully saturated rings. The Kier molecular flexibility index (Phi) is 4.74. The van der Waals surface area contributed by atoms with Gasteiger partial charge in [-0.1, -0.05) is 84.9 Å². The number of aromatic nitrogens is 2. The highest BCUT2D eigenvalue weighted by atomic mass is 16.5. The van der Waals surface area contributed by atoms with Crippen molar-refractivity contribution in [2.45, 2.75) is 18.4 Å². The minimum absolute atomic E-state index is 0.159. The SMILES string of the molecule is CC12C=Cc3c(c4ccccc4n3-c3ccccc3)C1Oc1c2ccc2c1c1ccccc1n2-c1ccc2oc3ccccc3c2c1. The van der Waals surface area contributed by atoms with Crippen LogP contribution in [0.5, 0.6) is 5.75 Å². The fraction of sp³-hybridized carbons (Fsp3) is 0.0698. The number of fused-ring (bicyclic) bond motifs is 14. The molecule has 3 aromatic heterocycles. The van der Waals surface area contributed by atoms with E-state index in [1.54, 1.807) is 0 Å². The summed E-state index contributed by atoms with van der Waals surface area (Å²) in [6.07, 6.45) is 4.52. The van der Waals surface area contributed by atoms with Crippen LogP contribution in [0.2, 0.25) is 0 Å². The molecule has 0 amide bonds. The molecule has 1 aliphatic heterocycles. The van der Waals surface area contributed by atoms with E-state index in [-0.39, 0.29) is 11.5 Å². The molecule has 2 unspecified atom stereocenters. The van der Waals surface area contributed by atoms with Crippen LogP contribution in [0.3, 0.4) is 0 Å². The Hall–Kier alpha value is -6.00. The van der Waals surface area contributed by atoms with E-state index in [1.807, 2.05) is 12.1 Å². The Bertz CT molecular complexity index is 2800. The van der Waals surface area contributed by atoms with E-state index in [4.69, 9.17) is 9.15 Å². The highest BCUT2D eigenvalue weighted by Crippen LogP contribution is 2.59. The van der Waals surface area contributed by atoms with Crippen LogP contribution >= 0.6 is 0 Å². The predicted octanol–water partition coefficient (Wildman–Crippen LogP) is 11.0. The van der Waals surface area contributed by atoms with Crippen molar-refractivity contribution in [3.63, 3.8) is 0 Å². The summed E-state index contributed by atoms with van der Waals surface area (Å²) in [5.41, 5.74) is 10.9. The average Bonchev–Trinajstić information content (AvgIpc) is 3.84. The van der Waals surface area contributed by atoms with Gasteiger partial charge >= 0.3 is 0 Å². The largest absolute Gasteiger partial charge is 0.483 e. The summed E-state index contributed by atoms with van der Waals surface area (Å²) < 4.78 is 18.2. The molecule has 0 radical (unpaired) electrons. The van der Waals surface area contributed by atoms with Crippen LogP contribution in [-0.2, 0) is 5.41 Å². The van der Waals surface area contributed by atoms with Gasteiger partial charge in [-0.2, -0.15) is 0 Å². The van der Waals surface area contributed by atoms with Gasteiger partial charge in [0.05, 0.1) is 33.0 Å². The van der Waals surface area contributed by atoms with Crippen LogP contribution in [0, 0.1) is 0 Å². The number of benzene rings is 6. The van der Waals surface area contributed by atoms with Crippen LogP contribution in [0.1, 0.15) is 29.8 Å². The summed E-state index contributed by atoms with van der Waals surface area (Å²) in [6.45, 7) is 2.33. The fourth-order valence-electron chi connectivity index (χ4n) is 8.46. The Morgan fingerprint density at radius 2 is 1.28 bits per heavy atom. The monoisotopic (exact) mass is 604 g/mol. The maximum Gasteiger partial charge on any atom is 0.139 e. The van der Waals surface area contributed by atoms with E-state index in [9.17, 15) is 0 Å². The van der Waals surface area contributed by atoms with E-state index in [2.05, 4.69) is 150 Å². The topological polar surface area (TPSA) is 32.2 Å². The molecule has 47 heavy (non-hydrogen) atoms. The van der Waals surface area contributed by atoms with Crippen molar-refractivity contribution in [3.05, 3.63) is 156 Å². The summed E-state index contributed by atoms with van der Waals surface area (Å²) in [7, 11) is 0. The quantitative estimate of drug-likeness (QED) is 0.197. The first-order valence-electron chi connectivity index (χ1n) is 16.2. The molecule has 9 aromatic rings. The van der Waals surface area contributed by atoms with Crippen LogP contribution < -0.4 is 4.74 Å². The van der Waals surface area contributed by atoms with Gasteiger partial charge in [-0.15, -0.1) is 0 Å². The van der Waals surface area contributed by atoms with Crippen molar-refractivity contribution in [1.82, 2.24) is 9.13 Å². The Morgan fingerprint density at radius 3 is 2.13 bits per heavy atom. The third-order valence-corrected chi connectivity index (χ3v) is 10.6. The molecule has 4 nitrogen and oxygen atoms in total.